The van der Waals surface area contributed by atoms with Crippen molar-refractivity contribution in [3.63, 3.8) is 0 Å². The van der Waals surface area contributed by atoms with Crippen molar-refractivity contribution in [1.82, 2.24) is 0 Å². The second-order valence-corrected chi connectivity index (χ2v) is 2.84. The van der Waals surface area contributed by atoms with Crippen LogP contribution in [0, 0.1) is 5.92 Å². The Hall–Kier alpha value is -1.25. The number of carboxylic acid groups (broad SMARTS) is 1. The van der Waals surface area contributed by atoms with E-state index in [1.165, 1.54) is 0 Å². The van der Waals surface area contributed by atoms with Gasteiger partial charge in [-0.05, 0) is 18.1 Å². The van der Waals surface area contributed by atoms with E-state index in [1.54, 1.807) is 12.5 Å². The van der Waals surface area contributed by atoms with Crippen LogP contribution in [0.4, 0.5) is 0 Å². The van der Waals surface area contributed by atoms with Gasteiger partial charge in [-0.1, -0.05) is 0 Å². The summed E-state index contributed by atoms with van der Waals surface area (Å²) in [7, 11) is 0. The van der Waals surface area contributed by atoms with Crippen molar-refractivity contribution in [2.75, 3.05) is 0 Å². The van der Waals surface area contributed by atoms with Gasteiger partial charge in [0.15, 0.2) is 0 Å². The normalized spacial score (nSPS) is 28.4. The molecular weight excluding hydrogens is 144 g/mol. The van der Waals surface area contributed by atoms with Crippen LogP contribution in [-0.4, -0.2) is 11.1 Å². The zero-order valence-corrected chi connectivity index (χ0v) is 5.86. The minimum Gasteiger partial charge on any atom is -0.481 e. The topological polar surface area (TPSA) is 50.4 Å². The second kappa shape index (κ2) is 2.12. The van der Waals surface area contributed by atoms with Crippen LogP contribution in [0.1, 0.15) is 17.9 Å². The Kier molecular flexibility index (Phi) is 1.24. The van der Waals surface area contributed by atoms with E-state index in [4.69, 9.17) is 9.52 Å². The Morgan fingerprint density at radius 2 is 2.55 bits per heavy atom. The maximum atomic E-state index is 10.4. The highest BCUT2D eigenvalue weighted by Crippen LogP contribution is 2.47. The number of carboxylic acids is 1. The molecule has 0 aromatic carbocycles. The van der Waals surface area contributed by atoms with Gasteiger partial charge in [-0.2, -0.15) is 0 Å². The largest absolute Gasteiger partial charge is 0.481 e. The summed E-state index contributed by atoms with van der Waals surface area (Å²) >= 11 is 0. The first-order valence-electron chi connectivity index (χ1n) is 3.54. The second-order valence-electron chi connectivity index (χ2n) is 2.84. The lowest BCUT2D eigenvalue weighted by Gasteiger charge is -1.88. The molecule has 0 aliphatic heterocycles. The summed E-state index contributed by atoms with van der Waals surface area (Å²) in [5.41, 5.74) is 1.01. The average molecular weight is 152 g/mol. The van der Waals surface area contributed by atoms with Crippen molar-refractivity contribution in [2.24, 2.45) is 5.92 Å². The van der Waals surface area contributed by atoms with Gasteiger partial charge in [0.2, 0.25) is 0 Å². The van der Waals surface area contributed by atoms with Crippen molar-refractivity contribution in [2.45, 2.75) is 12.3 Å². The molecule has 11 heavy (non-hydrogen) atoms. The third kappa shape index (κ3) is 1.02. The van der Waals surface area contributed by atoms with Gasteiger partial charge in [0.05, 0.1) is 18.4 Å². The summed E-state index contributed by atoms with van der Waals surface area (Å²) in [5.74, 6) is -0.671. The first-order valence-corrected chi connectivity index (χ1v) is 3.54. The van der Waals surface area contributed by atoms with Crippen molar-refractivity contribution in [3.8, 4) is 0 Å². The van der Waals surface area contributed by atoms with Crippen molar-refractivity contribution >= 4 is 5.97 Å². The molecule has 3 heteroatoms. The molecule has 3 nitrogen and oxygen atoms in total. The molecule has 1 fully saturated rings. The van der Waals surface area contributed by atoms with Crippen LogP contribution in [0.2, 0.25) is 0 Å². The third-order valence-electron chi connectivity index (χ3n) is 2.08. The molecule has 0 saturated heterocycles. The van der Waals surface area contributed by atoms with E-state index in [0.29, 0.717) is 0 Å². The zero-order valence-electron chi connectivity index (χ0n) is 5.86. The van der Waals surface area contributed by atoms with Crippen molar-refractivity contribution < 1.29 is 14.3 Å². The van der Waals surface area contributed by atoms with E-state index >= 15 is 0 Å². The standard InChI is InChI=1S/C8H8O3/c9-8(10)7-3-6(7)5-1-2-11-4-5/h1-2,4,6-7H,3H2,(H,9,10)/t6-,7+/m1/s1. The van der Waals surface area contributed by atoms with Crippen molar-refractivity contribution in [1.29, 1.82) is 0 Å². The zero-order chi connectivity index (χ0) is 7.84. The van der Waals surface area contributed by atoms with Gasteiger partial charge in [-0.15, -0.1) is 0 Å². The lowest BCUT2D eigenvalue weighted by molar-refractivity contribution is -0.138. The monoisotopic (exact) mass is 152 g/mol. The molecule has 58 valence electrons. The van der Waals surface area contributed by atoms with Crippen LogP contribution in [0.5, 0.6) is 0 Å². The Balaban J connectivity index is 2.08. The molecule has 0 radical (unpaired) electrons. The fourth-order valence-electron chi connectivity index (χ4n) is 1.32. The fourth-order valence-corrected chi connectivity index (χ4v) is 1.32. The molecule has 1 aliphatic rings. The molecule has 2 rings (SSSR count). The molecule has 1 N–H and O–H groups in total. The molecule has 1 aliphatic carbocycles. The van der Waals surface area contributed by atoms with Gasteiger partial charge in [-0.3, -0.25) is 4.79 Å². The molecule has 1 aromatic heterocycles. The van der Waals surface area contributed by atoms with E-state index in [0.717, 1.165) is 12.0 Å². The highest BCUT2D eigenvalue weighted by Gasteiger charge is 2.44. The summed E-state index contributed by atoms with van der Waals surface area (Å²) in [6, 6.07) is 1.83. The Morgan fingerprint density at radius 3 is 3.00 bits per heavy atom. The molecule has 2 atom stereocenters. The maximum absolute atomic E-state index is 10.4. The summed E-state index contributed by atoms with van der Waals surface area (Å²) in [4.78, 5) is 10.4. The van der Waals surface area contributed by atoms with E-state index in [9.17, 15) is 4.79 Å². The number of hydrogen-bond donors (Lipinski definition) is 1. The Morgan fingerprint density at radius 1 is 1.73 bits per heavy atom. The van der Waals surface area contributed by atoms with Gasteiger partial charge < -0.3 is 9.52 Å². The van der Waals surface area contributed by atoms with E-state index in [2.05, 4.69) is 0 Å². The van der Waals surface area contributed by atoms with Crippen LogP contribution < -0.4 is 0 Å². The molecule has 0 amide bonds. The highest BCUT2D eigenvalue weighted by molar-refractivity contribution is 5.75. The average Bonchev–Trinajstić information content (AvgIpc) is 2.60. The highest BCUT2D eigenvalue weighted by atomic mass is 16.4. The molecule has 0 spiro atoms. The first kappa shape index (κ1) is 6.46. The smallest absolute Gasteiger partial charge is 0.307 e. The van der Waals surface area contributed by atoms with E-state index in [-0.39, 0.29) is 11.8 Å². The summed E-state index contributed by atoms with van der Waals surface area (Å²) < 4.78 is 4.85. The van der Waals surface area contributed by atoms with Gasteiger partial charge >= 0.3 is 5.97 Å². The van der Waals surface area contributed by atoms with Gasteiger partial charge in [0, 0.05) is 5.92 Å². The van der Waals surface area contributed by atoms with Crippen molar-refractivity contribution in [3.05, 3.63) is 24.2 Å². The molecule has 1 aromatic rings. The van der Waals surface area contributed by atoms with Crippen LogP contribution in [0.3, 0.4) is 0 Å². The number of rotatable bonds is 2. The van der Waals surface area contributed by atoms with E-state index in [1.807, 2.05) is 6.07 Å². The van der Waals surface area contributed by atoms with Crippen LogP contribution >= 0.6 is 0 Å². The van der Waals surface area contributed by atoms with Crippen LogP contribution in [-0.2, 0) is 4.79 Å². The minimum atomic E-state index is -0.698. The van der Waals surface area contributed by atoms with Crippen LogP contribution in [0.15, 0.2) is 23.0 Å². The summed E-state index contributed by atoms with van der Waals surface area (Å²) in [6.07, 6.45) is 3.95. The number of aliphatic carboxylic acids is 1. The molecule has 0 bridgehead atoms. The number of furan rings is 1. The lowest BCUT2D eigenvalue weighted by atomic mass is 10.2. The first-order chi connectivity index (χ1) is 5.29. The van der Waals surface area contributed by atoms with Gasteiger partial charge in [0.25, 0.3) is 0 Å². The number of carbonyl (C=O) groups is 1. The molecular formula is C8H8O3. The number of hydrogen-bond acceptors (Lipinski definition) is 2. The fraction of sp³-hybridized carbons (Fsp3) is 0.375. The molecule has 0 unspecified atom stereocenters. The summed E-state index contributed by atoms with van der Waals surface area (Å²) in [5, 5.41) is 8.59. The Labute approximate surface area is 63.6 Å². The molecule has 1 saturated carbocycles. The third-order valence-corrected chi connectivity index (χ3v) is 2.08. The maximum Gasteiger partial charge on any atom is 0.307 e. The predicted molar refractivity (Wildman–Crippen MR) is 37.2 cm³/mol. The lowest BCUT2D eigenvalue weighted by Crippen LogP contribution is -1.98. The predicted octanol–water partition coefficient (Wildman–Crippen LogP) is 1.47. The Bertz CT molecular complexity index is 263. The SMILES string of the molecule is O=C(O)[C@H]1C[C@@H]1c1ccoc1. The molecule has 1 heterocycles. The van der Waals surface area contributed by atoms with Gasteiger partial charge in [0.1, 0.15) is 0 Å². The van der Waals surface area contributed by atoms with Crippen LogP contribution in [0.25, 0.3) is 0 Å². The quantitative estimate of drug-likeness (QED) is 0.698. The summed E-state index contributed by atoms with van der Waals surface area (Å²) in [6.45, 7) is 0. The van der Waals surface area contributed by atoms with E-state index < -0.39 is 5.97 Å². The minimum absolute atomic E-state index is 0.174. The van der Waals surface area contributed by atoms with Gasteiger partial charge in [-0.25, -0.2) is 0 Å².